The quantitative estimate of drug-likeness (QED) is 0.319. The average Bonchev–Trinajstić information content (AvgIpc) is 3.10. The van der Waals surface area contributed by atoms with Gasteiger partial charge in [-0.2, -0.15) is 0 Å². The number of anilines is 1. The molecule has 0 saturated carbocycles. The molecule has 0 radical (unpaired) electrons. The van der Waals surface area contributed by atoms with Crippen LogP contribution in [0.15, 0.2) is 70.0 Å². The Bertz CT molecular complexity index is 1410. The molecular formula is C27H22BrFN2O5S. The second-order valence-electron chi connectivity index (χ2n) is 8.14. The van der Waals surface area contributed by atoms with Crippen molar-refractivity contribution in [3.05, 3.63) is 92.5 Å². The number of halogens is 2. The van der Waals surface area contributed by atoms with Gasteiger partial charge >= 0.3 is 0 Å². The molecule has 37 heavy (non-hydrogen) atoms. The number of nitrogens with zero attached hydrogens (tertiary/aromatic N) is 1. The maximum atomic E-state index is 13.3. The summed E-state index contributed by atoms with van der Waals surface area (Å²) in [4.78, 5) is 38.7. The molecule has 7 nitrogen and oxygen atoms in total. The zero-order valence-corrected chi connectivity index (χ0v) is 22.3. The molecule has 1 saturated heterocycles. The van der Waals surface area contributed by atoms with Gasteiger partial charge in [-0.25, -0.2) is 4.39 Å². The van der Waals surface area contributed by atoms with Gasteiger partial charge in [0.25, 0.3) is 11.1 Å². The van der Waals surface area contributed by atoms with Crippen LogP contribution in [0.1, 0.15) is 16.7 Å². The van der Waals surface area contributed by atoms with Crippen molar-refractivity contribution in [3.63, 3.8) is 0 Å². The maximum absolute atomic E-state index is 13.3. The highest BCUT2D eigenvalue weighted by molar-refractivity contribution is 9.10. The van der Waals surface area contributed by atoms with Crippen LogP contribution in [0.2, 0.25) is 0 Å². The molecule has 3 aromatic rings. The fraction of sp³-hybridized carbons (Fsp3) is 0.148. The predicted molar refractivity (Wildman–Crippen MR) is 144 cm³/mol. The highest BCUT2D eigenvalue weighted by Crippen LogP contribution is 2.39. The molecule has 0 aromatic heterocycles. The minimum atomic E-state index is -0.617. The molecule has 1 fully saturated rings. The number of methoxy groups -OCH3 is 1. The van der Waals surface area contributed by atoms with Gasteiger partial charge in [-0.3, -0.25) is 19.3 Å². The van der Waals surface area contributed by atoms with Gasteiger partial charge in [-0.05, 0) is 82.2 Å². The fourth-order valence-corrected chi connectivity index (χ4v) is 5.03. The number of ether oxygens (including phenoxy) is 2. The van der Waals surface area contributed by atoms with E-state index in [0.717, 1.165) is 33.9 Å². The molecule has 3 amide bonds. The highest BCUT2D eigenvalue weighted by atomic mass is 79.9. The van der Waals surface area contributed by atoms with E-state index in [2.05, 4.69) is 21.2 Å². The number of hydrogen-bond acceptors (Lipinski definition) is 6. The van der Waals surface area contributed by atoms with Crippen LogP contribution in [-0.2, 0) is 16.2 Å². The summed E-state index contributed by atoms with van der Waals surface area (Å²) in [5.41, 5.74) is 2.96. The molecule has 1 aliphatic rings. The average molecular weight is 585 g/mol. The number of amides is 3. The number of hydrogen-bond donors (Lipinski definition) is 1. The van der Waals surface area contributed by atoms with Crippen molar-refractivity contribution in [2.24, 2.45) is 0 Å². The molecule has 0 spiro atoms. The minimum absolute atomic E-state index is 0.158. The van der Waals surface area contributed by atoms with E-state index in [4.69, 9.17) is 9.47 Å². The van der Waals surface area contributed by atoms with Crippen molar-refractivity contribution in [1.29, 1.82) is 0 Å². The number of carbonyl (C=O) groups excluding carboxylic acids is 3. The van der Waals surface area contributed by atoms with E-state index in [1.54, 1.807) is 18.2 Å². The Morgan fingerprint density at radius 2 is 1.92 bits per heavy atom. The van der Waals surface area contributed by atoms with Crippen molar-refractivity contribution in [3.8, 4) is 11.5 Å². The normalized spacial score (nSPS) is 14.3. The first-order chi connectivity index (χ1) is 17.7. The molecule has 4 rings (SSSR count). The zero-order chi connectivity index (χ0) is 26.5. The van der Waals surface area contributed by atoms with Crippen LogP contribution in [0.3, 0.4) is 0 Å². The smallest absolute Gasteiger partial charge is 0.294 e. The lowest BCUT2D eigenvalue weighted by molar-refractivity contribution is -0.127. The number of imide groups is 1. The Balaban J connectivity index is 1.47. The topological polar surface area (TPSA) is 84.9 Å². The highest BCUT2D eigenvalue weighted by Gasteiger charge is 2.36. The van der Waals surface area contributed by atoms with Gasteiger partial charge in [-0.1, -0.05) is 35.9 Å². The number of benzene rings is 3. The SMILES string of the molecule is COc1cc(/C=C2/SC(=O)N(CC(=O)Nc3cccc(F)c3)C2=O)cc(Br)c1OCc1cccc(C)c1. The van der Waals surface area contributed by atoms with E-state index in [0.29, 0.717) is 28.1 Å². The third-order valence-corrected chi connectivity index (χ3v) is 6.80. The number of aryl methyl sites for hydroxylation is 1. The zero-order valence-electron chi connectivity index (χ0n) is 19.9. The number of carbonyl (C=O) groups is 3. The lowest BCUT2D eigenvalue weighted by Crippen LogP contribution is -2.36. The van der Waals surface area contributed by atoms with E-state index < -0.39 is 29.4 Å². The van der Waals surface area contributed by atoms with Gasteiger partial charge in [0.1, 0.15) is 19.0 Å². The van der Waals surface area contributed by atoms with E-state index in [1.165, 1.54) is 25.3 Å². The van der Waals surface area contributed by atoms with E-state index in [-0.39, 0.29) is 10.6 Å². The van der Waals surface area contributed by atoms with E-state index in [9.17, 15) is 18.8 Å². The second-order valence-corrected chi connectivity index (χ2v) is 9.99. The van der Waals surface area contributed by atoms with Crippen LogP contribution in [0.4, 0.5) is 14.9 Å². The summed E-state index contributed by atoms with van der Waals surface area (Å²) in [5, 5.41) is 1.91. The van der Waals surface area contributed by atoms with Gasteiger partial charge in [0.2, 0.25) is 5.91 Å². The summed E-state index contributed by atoms with van der Waals surface area (Å²) in [5.74, 6) is -0.779. The van der Waals surface area contributed by atoms with Crippen molar-refractivity contribution in [2.75, 3.05) is 19.0 Å². The Labute approximate surface area is 225 Å². The first kappa shape index (κ1) is 26.4. The Hall–Kier alpha value is -3.63. The van der Waals surface area contributed by atoms with Crippen molar-refractivity contribution >= 4 is 56.5 Å². The molecule has 1 heterocycles. The molecule has 3 aromatic carbocycles. The summed E-state index contributed by atoms with van der Waals surface area (Å²) in [6, 6.07) is 16.7. The molecule has 0 bridgehead atoms. The Morgan fingerprint density at radius 3 is 2.65 bits per heavy atom. The number of thioether (sulfide) groups is 1. The van der Waals surface area contributed by atoms with Gasteiger partial charge < -0.3 is 14.8 Å². The lowest BCUT2D eigenvalue weighted by Gasteiger charge is -2.14. The van der Waals surface area contributed by atoms with Crippen LogP contribution in [0.25, 0.3) is 6.08 Å². The van der Waals surface area contributed by atoms with Crippen LogP contribution in [0.5, 0.6) is 11.5 Å². The second kappa shape index (κ2) is 11.6. The Kier molecular flexibility index (Phi) is 8.30. The molecule has 0 atom stereocenters. The first-order valence-electron chi connectivity index (χ1n) is 11.1. The summed E-state index contributed by atoms with van der Waals surface area (Å²) >= 11 is 4.23. The molecule has 1 N–H and O–H groups in total. The van der Waals surface area contributed by atoms with Crippen LogP contribution in [0, 0.1) is 12.7 Å². The summed E-state index contributed by atoms with van der Waals surface area (Å²) in [6.07, 6.45) is 1.55. The molecule has 0 unspecified atom stereocenters. The van der Waals surface area contributed by atoms with Crippen LogP contribution < -0.4 is 14.8 Å². The predicted octanol–water partition coefficient (Wildman–Crippen LogP) is 6.16. The molecule has 1 aliphatic heterocycles. The largest absolute Gasteiger partial charge is 0.493 e. The monoisotopic (exact) mass is 584 g/mol. The third-order valence-electron chi connectivity index (χ3n) is 5.30. The van der Waals surface area contributed by atoms with E-state index in [1.807, 2.05) is 31.2 Å². The van der Waals surface area contributed by atoms with Crippen LogP contribution in [-0.4, -0.2) is 35.6 Å². The third kappa shape index (κ3) is 6.58. The molecular weight excluding hydrogens is 563 g/mol. The standard InChI is InChI=1S/C27H22BrFN2O5S/c1-16-5-3-6-17(9-16)15-36-25-21(28)10-18(11-22(25)35-2)12-23-26(33)31(27(34)37-23)14-24(32)30-20-8-4-7-19(29)13-20/h3-13H,14-15H2,1-2H3,(H,30,32)/b23-12+. The van der Waals surface area contributed by atoms with Gasteiger partial charge in [-0.15, -0.1) is 0 Å². The molecule has 0 aliphatic carbocycles. The van der Waals surface area contributed by atoms with Gasteiger partial charge in [0.15, 0.2) is 11.5 Å². The maximum Gasteiger partial charge on any atom is 0.294 e. The first-order valence-corrected chi connectivity index (χ1v) is 12.7. The van der Waals surface area contributed by atoms with Gasteiger partial charge in [0.05, 0.1) is 16.5 Å². The van der Waals surface area contributed by atoms with Crippen molar-refractivity contribution in [1.82, 2.24) is 4.90 Å². The molecule has 190 valence electrons. The number of rotatable bonds is 8. The van der Waals surface area contributed by atoms with Crippen molar-refractivity contribution in [2.45, 2.75) is 13.5 Å². The van der Waals surface area contributed by atoms with Gasteiger partial charge in [0, 0.05) is 5.69 Å². The van der Waals surface area contributed by atoms with Crippen LogP contribution >= 0.6 is 27.7 Å². The Morgan fingerprint density at radius 1 is 1.14 bits per heavy atom. The van der Waals surface area contributed by atoms with Crippen molar-refractivity contribution < 1.29 is 28.2 Å². The summed E-state index contributed by atoms with van der Waals surface area (Å²) in [6.45, 7) is 1.86. The minimum Gasteiger partial charge on any atom is -0.493 e. The molecule has 10 heteroatoms. The summed E-state index contributed by atoms with van der Waals surface area (Å²) < 4.78 is 25.4. The van der Waals surface area contributed by atoms with E-state index >= 15 is 0 Å². The lowest BCUT2D eigenvalue weighted by atomic mass is 10.1. The fourth-order valence-electron chi connectivity index (χ4n) is 3.62. The summed E-state index contributed by atoms with van der Waals surface area (Å²) in [7, 11) is 1.51. The number of nitrogens with one attached hydrogen (secondary N) is 1.